The quantitative estimate of drug-likeness (QED) is 0.651. The Morgan fingerprint density at radius 2 is 2.17 bits per heavy atom. The molecule has 0 saturated heterocycles. The fraction of sp³-hybridized carbons (Fsp3) is 0.200. The van der Waals surface area contributed by atoms with Crippen LogP contribution >= 0.6 is 11.6 Å². The second kappa shape index (κ2) is 2.78. The fourth-order valence-electron chi connectivity index (χ4n) is 0.584. The maximum atomic E-state index is 11.9. The van der Waals surface area contributed by atoms with E-state index in [1.165, 1.54) is 0 Å². The van der Waals surface area contributed by atoms with Crippen LogP contribution in [-0.2, 0) is 6.18 Å². The highest BCUT2D eigenvalue weighted by Crippen LogP contribution is 2.32. The van der Waals surface area contributed by atoms with E-state index in [4.69, 9.17) is 11.6 Å². The summed E-state index contributed by atoms with van der Waals surface area (Å²) in [5, 5.41) is 1.56. The SMILES string of the molecule is O=C(Cl)c1cnoc1C(F)(F)F. The van der Waals surface area contributed by atoms with Crippen LogP contribution in [0.15, 0.2) is 10.7 Å². The standard InChI is InChI=1S/C5HClF3NO2/c6-4(11)2-1-10-12-3(2)5(7,8)9/h1H. The highest BCUT2D eigenvalue weighted by Gasteiger charge is 2.40. The van der Waals surface area contributed by atoms with Gasteiger partial charge in [0.25, 0.3) is 11.0 Å². The molecule has 66 valence electrons. The molecule has 1 heterocycles. The van der Waals surface area contributed by atoms with E-state index in [2.05, 4.69) is 9.68 Å². The lowest BCUT2D eigenvalue weighted by Gasteiger charge is -2.00. The lowest BCUT2D eigenvalue weighted by Crippen LogP contribution is -2.07. The number of nitrogens with zero attached hydrogens (tertiary/aromatic N) is 1. The van der Waals surface area contributed by atoms with Crippen molar-refractivity contribution in [1.82, 2.24) is 5.16 Å². The smallest absolute Gasteiger partial charge is 0.351 e. The molecule has 3 nitrogen and oxygen atoms in total. The molecular formula is C5HClF3NO2. The van der Waals surface area contributed by atoms with E-state index in [9.17, 15) is 18.0 Å². The van der Waals surface area contributed by atoms with Crippen LogP contribution in [-0.4, -0.2) is 10.4 Å². The third kappa shape index (κ3) is 1.58. The van der Waals surface area contributed by atoms with Gasteiger partial charge in [0.15, 0.2) is 0 Å². The number of carbonyl (C=O) groups excluding carboxylic acids is 1. The molecule has 0 aliphatic carbocycles. The first-order valence-electron chi connectivity index (χ1n) is 2.64. The lowest BCUT2D eigenvalue weighted by atomic mass is 10.3. The Bertz CT molecular complexity index is 306. The van der Waals surface area contributed by atoms with Crippen LogP contribution in [0.1, 0.15) is 16.1 Å². The Hall–Kier alpha value is -1.04. The minimum Gasteiger partial charge on any atom is -0.351 e. The van der Waals surface area contributed by atoms with E-state index in [-0.39, 0.29) is 0 Å². The van der Waals surface area contributed by atoms with Gasteiger partial charge in [-0.1, -0.05) is 5.16 Å². The summed E-state index contributed by atoms with van der Waals surface area (Å²) in [6.07, 6.45) is -4.12. The molecule has 1 aromatic heterocycles. The third-order valence-corrected chi connectivity index (χ3v) is 1.24. The van der Waals surface area contributed by atoms with Gasteiger partial charge in [0.1, 0.15) is 5.56 Å². The Labute approximate surface area is 69.1 Å². The Balaban J connectivity index is 3.17. The third-order valence-electron chi connectivity index (χ3n) is 1.04. The van der Waals surface area contributed by atoms with Crippen molar-refractivity contribution in [2.75, 3.05) is 0 Å². The van der Waals surface area contributed by atoms with Gasteiger partial charge in [-0.3, -0.25) is 4.79 Å². The zero-order valence-corrected chi connectivity index (χ0v) is 6.11. The zero-order valence-electron chi connectivity index (χ0n) is 5.35. The van der Waals surface area contributed by atoms with Gasteiger partial charge in [-0.05, 0) is 11.6 Å². The number of halogens is 4. The molecule has 0 radical (unpaired) electrons. The highest BCUT2D eigenvalue weighted by molar-refractivity contribution is 6.67. The summed E-state index contributed by atoms with van der Waals surface area (Å²) in [6.45, 7) is 0. The van der Waals surface area contributed by atoms with Crippen molar-refractivity contribution in [2.45, 2.75) is 6.18 Å². The molecule has 0 amide bonds. The van der Waals surface area contributed by atoms with E-state index in [0.29, 0.717) is 6.20 Å². The maximum Gasteiger partial charge on any atom is 0.453 e. The Morgan fingerprint density at radius 3 is 2.50 bits per heavy atom. The number of carbonyl (C=O) groups is 1. The van der Waals surface area contributed by atoms with Crippen LogP contribution in [0.5, 0.6) is 0 Å². The number of hydrogen-bond acceptors (Lipinski definition) is 3. The van der Waals surface area contributed by atoms with Crippen molar-refractivity contribution in [3.8, 4) is 0 Å². The Morgan fingerprint density at radius 1 is 1.58 bits per heavy atom. The molecule has 0 aliphatic heterocycles. The monoisotopic (exact) mass is 199 g/mol. The van der Waals surface area contributed by atoms with E-state index in [1.807, 2.05) is 0 Å². The predicted octanol–water partition coefficient (Wildman–Crippen LogP) is 2.07. The van der Waals surface area contributed by atoms with Crippen LogP contribution in [0.25, 0.3) is 0 Å². The van der Waals surface area contributed by atoms with Crippen molar-refractivity contribution in [1.29, 1.82) is 0 Å². The van der Waals surface area contributed by atoms with Crippen molar-refractivity contribution >= 4 is 16.8 Å². The molecule has 1 rings (SSSR count). The largest absolute Gasteiger partial charge is 0.453 e. The van der Waals surface area contributed by atoms with E-state index < -0.39 is 22.7 Å². The van der Waals surface area contributed by atoms with E-state index in [0.717, 1.165) is 0 Å². The molecule has 0 aliphatic rings. The van der Waals surface area contributed by atoms with Gasteiger partial charge in [-0.25, -0.2) is 0 Å². The first kappa shape index (κ1) is 9.05. The van der Waals surface area contributed by atoms with Gasteiger partial charge in [-0.15, -0.1) is 0 Å². The average Bonchev–Trinajstić information content (AvgIpc) is 2.30. The number of rotatable bonds is 1. The predicted molar refractivity (Wildman–Crippen MR) is 31.7 cm³/mol. The molecule has 0 spiro atoms. The molecule has 12 heavy (non-hydrogen) atoms. The highest BCUT2D eigenvalue weighted by atomic mass is 35.5. The molecule has 0 N–H and O–H groups in total. The zero-order chi connectivity index (χ0) is 9.35. The van der Waals surface area contributed by atoms with Gasteiger partial charge < -0.3 is 4.52 Å². The molecule has 0 saturated carbocycles. The molecule has 7 heteroatoms. The summed E-state index contributed by atoms with van der Waals surface area (Å²) in [4.78, 5) is 10.3. The van der Waals surface area contributed by atoms with Crippen LogP contribution in [0.3, 0.4) is 0 Å². The average molecular weight is 200 g/mol. The Kier molecular flexibility index (Phi) is 2.10. The molecular weight excluding hydrogens is 199 g/mol. The van der Waals surface area contributed by atoms with Crippen LogP contribution in [0.4, 0.5) is 13.2 Å². The van der Waals surface area contributed by atoms with Gasteiger partial charge in [0, 0.05) is 0 Å². The van der Waals surface area contributed by atoms with Crippen LogP contribution in [0.2, 0.25) is 0 Å². The first-order valence-corrected chi connectivity index (χ1v) is 3.02. The molecule has 0 bridgehead atoms. The second-order valence-corrected chi connectivity index (χ2v) is 2.18. The summed E-state index contributed by atoms with van der Waals surface area (Å²) in [5.74, 6) is -1.47. The van der Waals surface area contributed by atoms with Crippen molar-refractivity contribution in [2.24, 2.45) is 0 Å². The number of hydrogen-bond donors (Lipinski definition) is 0. The number of alkyl halides is 3. The number of aromatic nitrogens is 1. The van der Waals surface area contributed by atoms with Crippen molar-refractivity contribution < 1.29 is 22.5 Å². The minimum absolute atomic E-state index is 0.623. The first-order chi connectivity index (χ1) is 5.43. The second-order valence-electron chi connectivity index (χ2n) is 1.84. The van der Waals surface area contributed by atoms with Gasteiger partial charge in [0.05, 0.1) is 6.20 Å². The van der Waals surface area contributed by atoms with Crippen LogP contribution in [0, 0.1) is 0 Å². The fourth-order valence-corrected chi connectivity index (χ4v) is 0.719. The summed E-state index contributed by atoms with van der Waals surface area (Å²) < 4.78 is 39.5. The van der Waals surface area contributed by atoms with Crippen LogP contribution < -0.4 is 0 Å². The van der Waals surface area contributed by atoms with Crippen molar-refractivity contribution in [3.05, 3.63) is 17.5 Å². The summed E-state index contributed by atoms with van der Waals surface area (Å²) >= 11 is 4.82. The summed E-state index contributed by atoms with van der Waals surface area (Å²) in [7, 11) is 0. The minimum atomic E-state index is -4.74. The topological polar surface area (TPSA) is 43.1 Å². The van der Waals surface area contributed by atoms with Crippen molar-refractivity contribution in [3.63, 3.8) is 0 Å². The molecule has 0 aromatic carbocycles. The summed E-state index contributed by atoms with van der Waals surface area (Å²) in [6, 6.07) is 0. The maximum absolute atomic E-state index is 11.9. The molecule has 0 unspecified atom stereocenters. The summed E-state index contributed by atoms with van der Waals surface area (Å²) in [5.41, 5.74) is -0.774. The molecule has 1 aromatic rings. The molecule has 0 fully saturated rings. The van der Waals surface area contributed by atoms with E-state index in [1.54, 1.807) is 0 Å². The van der Waals surface area contributed by atoms with Gasteiger partial charge in [0.2, 0.25) is 0 Å². The van der Waals surface area contributed by atoms with Gasteiger partial charge >= 0.3 is 6.18 Å². The normalized spacial score (nSPS) is 11.7. The lowest BCUT2D eigenvalue weighted by molar-refractivity contribution is -0.155. The van der Waals surface area contributed by atoms with Gasteiger partial charge in [-0.2, -0.15) is 13.2 Å². The van der Waals surface area contributed by atoms with E-state index >= 15 is 0 Å². The molecule has 0 atom stereocenters.